The van der Waals surface area contributed by atoms with Crippen molar-refractivity contribution in [3.8, 4) is 0 Å². The van der Waals surface area contributed by atoms with Gasteiger partial charge in [-0.1, -0.05) is 19.3 Å². The van der Waals surface area contributed by atoms with Crippen LogP contribution >= 0.6 is 0 Å². The summed E-state index contributed by atoms with van der Waals surface area (Å²) in [6.07, 6.45) is 16.4. The van der Waals surface area contributed by atoms with E-state index < -0.39 is 0 Å². The summed E-state index contributed by atoms with van der Waals surface area (Å²) in [5, 5.41) is 3.15. The summed E-state index contributed by atoms with van der Waals surface area (Å²) < 4.78 is 0. The van der Waals surface area contributed by atoms with Crippen LogP contribution in [0.1, 0.15) is 56.6 Å². The van der Waals surface area contributed by atoms with Gasteiger partial charge in [0.15, 0.2) is 5.82 Å². The highest BCUT2D eigenvalue weighted by Gasteiger charge is 2.25. The summed E-state index contributed by atoms with van der Waals surface area (Å²) in [7, 11) is 0. The van der Waals surface area contributed by atoms with Crippen LogP contribution in [-0.2, 0) is 0 Å². The van der Waals surface area contributed by atoms with Crippen molar-refractivity contribution in [1.29, 1.82) is 0 Å². The molecule has 0 aromatic carbocycles. The van der Waals surface area contributed by atoms with Gasteiger partial charge in [0.1, 0.15) is 0 Å². The average molecular weight is 352 g/mol. The molecule has 0 radical (unpaired) electrons. The van der Waals surface area contributed by atoms with Gasteiger partial charge in [-0.3, -0.25) is 4.98 Å². The van der Waals surface area contributed by atoms with E-state index in [1.54, 1.807) is 18.6 Å². The molecule has 1 saturated heterocycles. The molecule has 1 aliphatic carbocycles. The predicted octanol–water partition coefficient (Wildman–Crippen LogP) is 3.77. The van der Waals surface area contributed by atoms with Gasteiger partial charge in [0.2, 0.25) is 5.95 Å². The minimum atomic E-state index is 0.498. The Balaban J connectivity index is 1.39. The van der Waals surface area contributed by atoms with Crippen LogP contribution in [0.15, 0.2) is 30.9 Å². The lowest BCUT2D eigenvalue weighted by Crippen LogP contribution is -2.38. The molecule has 0 unspecified atom stereocenters. The molecule has 0 bridgehead atoms. The number of aromatic nitrogens is 4. The zero-order valence-corrected chi connectivity index (χ0v) is 15.3. The number of piperidine rings is 1. The molecule has 1 aliphatic heterocycles. The molecule has 26 heavy (non-hydrogen) atoms. The minimum absolute atomic E-state index is 0.498. The highest BCUT2D eigenvalue weighted by molar-refractivity contribution is 5.45. The third-order valence-corrected chi connectivity index (χ3v) is 5.65. The highest BCUT2D eigenvalue weighted by atomic mass is 15.2. The second-order valence-corrected chi connectivity index (χ2v) is 7.62. The maximum atomic E-state index is 4.76. The van der Waals surface area contributed by atoms with Crippen molar-refractivity contribution in [2.24, 2.45) is 5.92 Å². The molecule has 4 rings (SSSR count). The zero-order valence-electron chi connectivity index (χ0n) is 15.3. The molecule has 6 heteroatoms. The van der Waals surface area contributed by atoms with E-state index in [-0.39, 0.29) is 0 Å². The Bertz CT molecular complexity index is 686. The van der Waals surface area contributed by atoms with Crippen molar-refractivity contribution in [2.45, 2.75) is 50.9 Å². The third kappa shape index (κ3) is 4.55. The second-order valence-electron chi connectivity index (χ2n) is 7.62. The van der Waals surface area contributed by atoms with Gasteiger partial charge < -0.3 is 10.2 Å². The highest BCUT2D eigenvalue weighted by Crippen LogP contribution is 2.29. The van der Waals surface area contributed by atoms with E-state index in [1.165, 1.54) is 58.0 Å². The monoisotopic (exact) mass is 352 g/mol. The van der Waals surface area contributed by atoms with Crippen molar-refractivity contribution in [3.63, 3.8) is 0 Å². The van der Waals surface area contributed by atoms with Crippen molar-refractivity contribution in [1.82, 2.24) is 24.8 Å². The predicted molar refractivity (Wildman–Crippen MR) is 102 cm³/mol. The molecule has 6 nitrogen and oxygen atoms in total. The zero-order chi connectivity index (χ0) is 17.6. The van der Waals surface area contributed by atoms with Crippen molar-refractivity contribution < 1.29 is 0 Å². The largest absolute Gasteiger partial charge is 0.307 e. The van der Waals surface area contributed by atoms with Gasteiger partial charge in [-0.25, -0.2) is 15.0 Å². The van der Waals surface area contributed by atoms with Gasteiger partial charge in [0.25, 0.3) is 0 Å². The fraction of sp³-hybridized carbons (Fsp3) is 0.600. The average Bonchev–Trinajstić information content (AvgIpc) is 2.70. The van der Waals surface area contributed by atoms with Gasteiger partial charge in [-0.05, 0) is 44.2 Å². The second kappa shape index (κ2) is 8.54. The number of hydrogen-bond acceptors (Lipinski definition) is 6. The number of hydrogen-bond donors (Lipinski definition) is 1. The molecule has 0 amide bonds. The van der Waals surface area contributed by atoms with Gasteiger partial charge in [0, 0.05) is 37.6 Å². The molecule has 2 aromatic heterocycles. The molecule has 138 valence electrons. The standard InChI is InChI=1S/C20H28N6/c1-2-5-16(6-3-1)14-26-12-4-7-17(15-26)18-8-9-23-20(24-18)25-19-13-21-10-11-22-19/h8-11,13,16-17H,1-7,12,14-15H2,(H,22,23,24,25)/t17-/m0/s1. The summed E-state index contributed by atoms with van der Waals surface area (Å²) in [6.45, 7) is 3.63. The first-order valence-electron chi connectivity index (χ1n) is 9.95. The lowest BCUT2D eigenvalue weighted by Gasteiger charge is -2.35. The molecule has 2 fully saturated rings. The number of rotatable bonds is 5. The van der Waals surface area contributed by atoms with Crippen LogP contribution in [0.25, 0.3) is 0 Å². The van der Waals surface area contributed by atoms with Crippen molar-refractivity contribution in [3.05, 3.63) is 36.5 Å². The fourth-order valence-corrected chi connectivity index (χ4v) is 4.34. The lowest BCUT2D eigenvalue weighted by molar-refractivity contribution is 0.159. The number of likely N-dealkylation sites (tertiary alicyclic amines) is 1. The summed E-state index contributed by atoms with van der Waals surface area (Å²) in [4.78, 5) is 20.1. The number of nitrogens with one attached hydrogen (secondary N) is 1. The summed E-state index contributed by atoms with van der Waals surface area (Å²) in [6, 6.07) is 2.07. The summed E-state index contributed by atoms with van der Waals surface area (Å²) >= 11 is 0. The van der Waals surface area contributed by atoms with Gasteiger partial charge >= 0.3 is 0 Å². The molecule has 1 atom stereocenters. The Morgan fingerprint density at radius 2 is 1.92 bits per heavy atom. The Morgan fingerprint density at radius 1 is 1.00 bits per heavy atom. The van der Waals surface area contributed by atoms with Crippen LogP contribution in [0.5, 0.6) is 0 Å². The Hall–Kier alpha value is -2.08. The van der Waals surface area contributed by atoms with Crippen LogP contribution in [0.4, 0.5) is 11.8 Å². The van der Waals surface area contributed by atoms with E-state index in [9.17, 15) is 0 Å². The first kappa shape index (κ1) is 17.3. The van der Waals surface area contributed by atoms with Gasteiger partial charge in [-0.2, -0.15) is 0 Å². The Labute approximate surface area is 155 Å². The molecule has 3 heterocycles. The van der Waals surface area contributed by atoms with Crippen LogP contribution in [0.2, 0.25) is 0 Å². The SMILES string of the molecule is c1cnc(Nc2nccc([C@H]3CCCN(CC4CCCCC4)C3)n2)cn1. The first-order valence-corrected chi connectivity index (χ1v) is 9.95. The van der Waals surface area contributed by atoms with Crippen molar-refractivity contribution in [2.75, 3.05) is 25.0 Å². The fourth-order valence-electron chi connectivity index (χ4n) is 4.34. The number of nitrogens with zero attached hydrogens (tertiary/aromatic N) is 5. The van der Waals surface area contributed by atoms with E-state index in [1.807, 2.05) is 6.20 Å². The van der Waals surface area contributed by atoms with Crippen LogP contribution in [0.3, 0.4) is 0 Å². The molecule has 0 spiro atoms. The van der Waals surface area contributed by atoms with Gasteiger partial charge in [-0.15, -0.1) is 0 Å². The maximum Gasteiger partial charge on any atom is 0.228 e. The maximum absolute atomic E-state index is 4.76. The molecule has 2 aliphatic rings. The first-order chi connectivity index (χ1) is 12.9. The summed E-state index contributed by atoms with van der Waals surface area (Å²) in [5.41, 5.74) is 1.14. The van der Waals surface area contributed by atoms with E-state index in [0.29, 0.717) is 17.7 Å². The summed E-state index contributed by atoms with van der Waals surface area (Å²) in [5.74, 6) is 2.68. The topological polar surface area (TPSA) is 66.8 Å². The Kier molecular flexibility index (Phi) is 5.69. The molecule has 2 aromatic rings. The smallest absolute Gasteiger partial charge is 0.228 e. The normalized spacial score (nSPS) is 22.2. The van der Waals surface area contributed by atoms with E-state index in [2.05, 4.69) is 31.2 Å². The molecular weight excluding hydrogens is 324 g/mol. The minimum Gasteiger partial charge on any atom is -0.307 e. The van der Waals surface area contributed by atoms with E-state index in [0.717, 1.165) is 18.2 Å². The van der Waals surface area contributed by atoms with Gasteiger partial charge in [0.05, 0.1) is 11.9 Å². The lowest BCUT2D eigenvalue weighted by atomic mass is 9.87. The number of anilines is 2. The quantitative estimate of drug-likeness (QED) is 0.883. The van der Waals surface area contributed by atoms with E-state index in [4.69, 9.17) is 4.98 Å². The van der Waals surface area contributed by atoms with E-state index >= 15 is 0 Å². The third-order valence-electron chi connectivity index (χ3n) is 5.65. The van der Waals surface area contributed by atoms with Crippen LogP contribution < -0.4 is 5.32 Å². The molecular formula is C20H28N6. The van der Waals surface area contributed by atoms with Crippen LogP contribution in [-0.4, -0.2) is 44.5 Å². The van der Waals surface area contributed by atoms with Crippen LogP contribution in [0, 0.1) is 5.92 Å². The van der Waals surface area contributed by atoms with Crippen molar-refractivity contribution >= 4 is 11.8 Å². The molecule has 1 N–H and O–H groups in total. The Morgan fingerprint density at radius 3 is 2.77 bits per heavy atom. The molecule has 1 saturated carbocycles.